The number of rotatable bonds is 3. The van der Waals surface area contributed by atoms with E-state index in [4.69, 9.17) is 10.5 Å². The summed E-state index contributed by atoms with van der Waals surface area (Å²) in [5.41, 5.74) is 11.9. The number of methoxy groups -OCH3 is 1. The summed E-state index contributed by atoms with van der Waals surface area (Å²) in [6.07, 6.45) is 0. The minimum absolute atomic E-state index is 0.593. The van der Waals surface area contributed by atoms with Gasteiger partial charge < -0.3 is 10.5 Å². The molecule has 18 heavy (non-hydrogen) atoms. The summed E-state index contributed by atoms with van der Waals surface area (Å²) < 4.78 is 5.26. The maximum Gasteiger partial charge on any atom is 0.119 e. The second kappa shape index (κ2) is 5.23. The molecule has 0 aliphatic carbocycles. The first-order valence-electron chi connectivity index (χ1n) is 6.10. The maximum absolute atomic E-state index is 5.77. The molecule has 0 amide bonds. The molecule has 0 aliphatic rings. The van der Waals surface area contributed by atoms with Crippen molar-refractivity contribution in [3.05, 3.63) is 53.1 Å². The molecule has 2 heteroatoms. The molecule has 0 saturated carbocycles. The van der Waals surface area contributed by atoms with E-state index in [1.807, 2.05) is 12.1 Å². The van der Waals surface area contributed by atoms with E-state index in [2.05, 4.69) is 38.1 Å². The van der Waals surface area contributed by atoms with Crippen molar-refractivity contribution in [2.75, 3.05) is 7.11 Å². The van der Waals surface area contributed by atoms with Crippen molar-refractivity contribution in [2.45, 2.75) is 20.4 Å². The molecule has 0 aliphatic heterocycles. The van der Waals surface area contributed by atoms with E-state index in [-0.39, 0.29) is 0 Å². The molecule has 94 valence electrons. The third kappa shape index (κ3) is 2.39. The topological polar surface area (TPSA) is 35.2 Å². The van der Waals surface area contributed by atoms with Gasteiger partial charge in [-0.2, -0.15) is 0 Å². The Bertz CT molecular complexity index is 538. The van der Waals surface area contributed by atoms with Gasteiger partial charge in [-0.05, 0) is 53.8 Å². The lowest BCUT2D eigenvalue weighted by Crippen LogP contribution is -2.02. The molecular weight excluding hydrogens is 222 g/mol. The lowest BCUT2D eigenvalue weighted by Gasteiger charge is -2.12. The highest BCUT2D eigenvalue weighted by Gasteiger charge is 2.06. The van der Waals surface area contributed by atoms with Crippen molar-refractivity contribution < 1.29 is 4.74 Å². The highest BCUT2D eigenvalue weighted by atomic mass is 16.5. The Kier molecular flexibility index (Phi) is 3.68. The number of ether oxygens (including phenoxy) is 1. The molecule has 2 nitrogen and oxygen atoms in total. The van der Waals surface area contributed by atoms with Crippen molar-refractivity contribution in [3.8, 4) is 16.9 Å². The van der Waals surface area contributed by atoms with E-state index in [9.17, 15) is 0 Å². The van der Waals surface area contributed by atoms with E-state index >= 15 is 0 Å². The van der Waals surface area contributed by atoms with Crippen molar-refractivity contribution in [2.24, 2.45) is 5.73 Å². The van der Waals surface area contributed by atoms with Gasteiger partial charge in [-0.25, -0.2) is 0 Å². The van der Waals surface area contributed by atoms with Gasteiger partial charge in [0.1, 0.15) is 5.75 Å². The third-order valence-corrected chi connectivity index (χ3v) is 3.30. The van der Waals surface area contributed by atoms with Gasteiger partial charge in [0.05, 0.1) is 7.11 Å². The average molecular weight is 241 g/mol. The van der Waals surface area contributed by atoms with Gasteiger partial charge in [-0.15, -0.1) is 0 Å². The summed E-state index contributed by atoms with van der Waals surface area (Å²) in [7, 11) is 1.69. The lowest BCUT2D eigenvalue weighted by atomic mass is 9.95. The lowest BCUT2D eigenvalue weighted by molar-refractivity contribution is 0.415. The number of benzene rings is 2. The largest absolute Gasteiger partial charge is 0.497 e. The fourth-order valence-corrected chi connectivity index (χ4v) is 2.28. The van der Waals surface area contributed by atoms with E-state index < -0.39 is 0 Å². The summed E-state index contributed by atoms with van der Waals surface area (Å²) in [5, 5.41) is 0. The zero-order chi connectivity index (χ0) is 13.1. The number of nitrogens with two attached hydrogens (primary N) is 1. The van der Waals surface area contributed by atoms with Crippen LogP contribution in [0, 0.1) is 13.8 Å². The standard InChI is InChI=1S/C16H19NO/c1-11-7-14(8-12(2)16(11)10-17)13-5-4-6-15(9-13)18-3/h4-9H,10,17H2,1-3H3. The van der Waals surface area contributed by atoms with E-state index in [0.29, 0.717) is 6.54 Å². The van der Waals surface area contributed by atoms with Crippen LogP contribution in [0.2, 0.25) is 0 Å². The Morgan fingerprint density at radius 1 is 1.00 bits per heavy atom. The van der Waals surface area contributed by atoms with E-state index in [0.717, 1.165) is 5.75 Å². The minimum atomic E-state index is 0.593. The average Bonchev–Trinajstić information content (AvgIpc) is 2.38. The Morgan fingerprint density at radius 3 is 2.22 bits per heavy atom. The van der Waals surface area contributed by atoms with Crippen LogP contribution in [0.25, 0.3) is 11.1 Å². The third-order valence-electron chi connectivity index (χ3n) is 3.30. The van der Waals surface area contributed by atoms with Crippen molar-refractivity contribution in [1.82, 2.24) is 0 Å². The first-order chi connectivity index (χ1) is 8.65. The second-order valence-corrected chi connectivity index (χ2v) is 4.52. The number of aryl methyl sites for hydroxylation is 2. The van der Waals surface area contributed by atoms with Gasteiger partial charge >= 0.3 is 0 Å². The molecule has 0 atom stereocenters. The van der Waals surface area contributed by atoms with Crippen LogP contribution in [0.1, 0.15) is 16.7 Å². The van der Waals surface area contributed by atoms with Crippen LogP contribution in [0.5, 0.6) is 5.75 Å². The Labute approximate surface area is 108 Å². The molecular formula is C16H19NO. The number of hydrogen-bond acceptors (Lipinski definition) is 2. The second-order valence-electron chi connectivity index (χ2n) is 4.52. The molecule has 2 aromatic rings. The van der Waals surface area contributed by atoms with E-state index in [1.54, 1.807) is 7.11 Å². The van der Waals surface area contributed by atoms with Crippen molar-refractivity contribution >= 4 is 0 Å². The SMILES string of the molecule is COc1cccc(-c2cc(C)c(CN)c(C)c2)c1. The van der Waals surface area contributed by atoms with Crippen LogP contribution >= 0.6 is 0 Å². The summed E-state index contributed by atoms with van der Waals surface area (Å²) >= 11 is 0. The quantitative estimate of drug-likeness (QED) is 0.893. The molecule has 0 aromatic heterocycles. The predicted octanol–water partition coefficient (Wildman–Crippen LogP) is 3.44. The first-order valence-corrected chi connectivity index (χ1v) is 6.10. The highest BCUT2D eigenvalue weighted by Crippen LogP contribution is 2.27. The molecule has 0 fully saturated rings. The summed E-state index contributed by atoms with van der Waals surface area (Å²) in [6.45, 7) is 4.81. The first kappa shape index (κ1) is 12.7. The van der Waals surface area contributed by atoms with Crippen LogP contribution in [0.15, 0.2) is 36.4 Å². The smallest absolute Gasteiger partial charge is 0.119 e. The van der Waals surface area contributed by atoms with Gasteiger partial charge in [-0.3, -0.25) is 0 Å². The predicted molar refractivity (Wildman–Crippen MR) is 75.8 cm³/mol. The monoisotopic (exact) mass is 241 g/mol. The van der Waals surface area contributed by atoms with Crippen molar-refractivity contribution in [1.29, 1.82) is 0 Å². The van der Waals surface area contributed by atoms with Crippen LogP contribution < -0.4 is 10.5 Å². The van der Waals surface area contributed by atoms with Crippen LogP contribution in [0.3, 0.4) is 0 Å². The van der Waals surface area contributed by atoms with Gasteiger partial charge in [0.2, 0.25) is 0 Å². The Balaban J connectivity index is 2.51. The van der Waals surface area contributed by atoms with Gasteiger partial charge in [-0.1, -0.05) is 24.3 Å². The summed E-state index contributed by atoms with van der Waals surface area (Å²) in [5.74, 6) is 0.880. The van der Waals surface area contributed by atoms with Crippen LogP contribution in [-0.4, -0.2) is 7.11 Å². The molecule has 0 bridgehead atoms. The van der Waals surface area contributed by atoms with E-state index in [1.165, 1.54) is 27.8 Å². The highest BCUT2D eigenvalue weighted by molar-refractivity contribution is 5.67. The van der Waals surface area contributed by atoms with Gasteiger partial charge in [0, 0.05) is 6.54 Å². The zero-order valence-corrected chi connectivity index (χ0v) is 11.2. The number of hydrogen-bond donors (Lipinski definition) is 1. The van der Waals surface area contributed by atoms with Crippen LogP contribution in [0.4, 0.5) is 0 Å². The zero-order valence-electron chi connectivity index (χ0n) is 11.2. The van der Waals surface area contributed by atoms with Crippen molar-refractivity contribution in [3.63, 3.8) is 0 Å². The minimum Gasteiger partial charge on any atom is -0.497 e. The fraction of sp³-hybridized carbons (Fsp3) is 0.250. The normalized spacial score (nSPS) is 10.4. The molecule has 2 N–H and O–H groups in total. The van der Waals surface area contributed by atoms with Gasteiger partial charge in [0.25, 0.3) is 0 Å². The fourth-order valence-electron chi connectivity index (χ4n) is 2.28. The summed E-state index contributed by atoms with van der Waals surface area (Å²) in [4.78, 5) is 0. The van der Waals surface area contributed by atoms with Crippen LogP contribution in [-0.2, 0) is 6.54 Å². The molecule has 0 saturated heterocycles. The molecule has 0 heterocycles. The molecule has 2 rings (SSSR count). The molecule has 0 unspecified atom stereocenters. The van der Waals surface area contributed by atoms with Gasteiger partial charge in [0.15, 0.2) is 0 Å². The Morgan fingerprint density at radius 2 is 1.67 bits per heavy atom. The molecule has 0 spiro atoms. The molecule has 2 aromatic carbocycles. The Hall–Kier alpha value is -1.80. The molecule has 0 radical (unpaired) electrons. The maximum atomic E-state index is 5.77. The summed E-state index contributed by atoms with van der Waals surface area (Å²) in [6, 6.07) is 12.5.